The Hall–Kier alpha value is -3.66. The van der Waals surface area contributed by atoms with E-state index in [1.54, 1.807) is 15.6 Å². The second-order valence-corrected chi connectivity index (χ2v) is 7.29. The molecule has 2 heterocycles. The average molecular weight is 387 g/mol. The number of fused-ring (bicyclic) bond motifs is 2. The Balaban J connectivity index is 1.53. The van der Waals surface area contributed by atoms with Gasteiger partial charge in [0.25, 0.3) is 0 Å². The molecule has 1 aliphatic carbocycles. The van der Waals surface area contributed by atoms with Crippen molar-refractivity contribution in [3.8, 4) is 17.5 Å². The third kappa shape index (κ3) is 3.03. The minimum atomic E-state index is -0.372. The quantitative estimate of drug-likeness (QED) is 0.528. The van der Waals surface area contributed by atoms with Gasteiger partial charge in [-0.2, -0.15) is 15.5 Å². The van der Waals surface area contributed by atoms with E-state index in [4.69, 9.17) is 10.00 Å². The lowest BCUT2D eigenvalue weighted by molar-refractivity contribution is 0.183. The molecule has 0 fully saturated rings. The van der Waals surface area contributed by atoms with E-state index in [2.05, 4.69) is 16.3 Å². The van der Waals surface area contributed by atoms with Gasteiger partial charge in [-0.3, -0.25) is 4.68 Å². The molecule has 144 valence electrons. The van der Waals surface area contributed by atoms with Crippen LogP contribution in [0.15, 0.2) is 48.9 Å². The normalized spacial score (nSPS) is 15.8. The lowest BCUT2D eigenvalue weighted by Gasteiger charge is -2.26. The Labute approximate surface area is 166 Å². The molecule has 4 aromatic rings. The molecule has 2 aromatic heterocycles. The van der Waals surface area contributed by atoms with Crippen molar-refractivity contribution in [2.45, 2.75) is 25.4 Å². The third-order valence-electron chi connectivity index (χ3n) is 5.36. The number of halogens is 1. The molecular formula is C22H18FN5O. The lowest BCUT2D eigenvalue weighted by atomic mass is 9.88. The molecular weight excluding hydrogens is 369 g/mol. The van der Waals surface area contributed by atoms with Gasteiger partial charge in [-0.15, -0.1) is 0 Å². The van der Waals surface area contributed by atoms with E-state index >= 15 is 0 Å². The Morgan fingerprint density at radius 2 is 2.10 bits per heavy atom. The summed E-state index contributed by atoms with van der Waals surface area (Å²) in [6.07, 6.45) is 7.58. The molecule has 2 aromatic carbocycles. The monoisotopic (exact) mass is 387 g/mol. The molecule has 0 saturated carbocycles. The first-order chi connectivity index (χ1) is 14.1. The van der Waals surface area contributed by atoms with Crippen LogP contribution >= 0.6 is 0 Å². The van der Waals surface area contributed by atoms with Crippen LogP contribution in [0, 0.1) is 17.1 Å². The molecule has 29 heavy (non-hydrogen) atoms. The zero-order valence-corrected chi connectivity index (χ0v) is 15.8. The first-order valence-corrected chi connectivity index (χ1v) is 9.48. The lowest BCUT2D eigenvalue weighted by Crippen LogP contribution is -2.15. The van der Waals surface area contributed by atoms with Crippen molar-refractivity contribution < 1.29 is 9.13 Å². The molecule has 0 spiro atoms. The number of hydrogen-bond donors (Lipinski definition) is 0. The summed E-state index contributed by atoms with van der Waals surface area (Å²) in [6.45, 7) is 0. The Morgan fingerprint density at radius 3 is 2.90 bits per heavy atom. The zero-order valence-electron chi connectivity index (χ0n) is 15.8. The zero-order chi connectivity index (χ0) is 20.0. The Morgan fingerprint density at radius 1 is 1.21 bits per heavy atom. The van der Waals surface area contributed by atoms with Crippen LogP contribution in [-0.4, -0.2) is 19.6 Å². The van der Waals surface area contributed by atoms with E-state index < -0.39 is 0 Å². The smallest absolute Gasteiger partial charge is 0.137 e. The second-order valence-electron chi connectivity index (χ2n) is 7.29. The fourth-order valence-corrected chi connectivity index (χ4v) is 3.98. The summed E-state index contributed by atoms with van der Waals surface area (Å²) in [4.78, 5) is 0. The predicted molar refractivity (Wildman–Crippen MR) is 105 cm³/mol. The molecule has 1 unspecified atom stereocenters. The number of hydrogen-bond acceptors (Lipinski definition) is 4. The molecule has 0 amide bonds. The molecule has 6 nitrogen and oxygen atoms in total. The van der Waals surface area contributed by atoms with E-state index in [0.29, 0.717) is 22.2 Å². The highest BCUT2D eigenvalue weighted by atomic mass is 19.1. The fourth-order valence-electron chi connectivity index (χ4n) is 3.98. The van der Waals surface area contributed by atoms with Crippen molar-refractivity contribution in [2.75, 3.05) is 0 Å². The Kier molecular flexibility index (Phi) is 4.06. The van der Waals surface area contributed by atoms with Crippen LogP contribution in [0.1, 0.15) is 35.6 Å². The van der Waals surface area contributed by atoms with Crippen molar-refractivity contribution in [3.63, 3.8) is 0 Å². The van der Waals surface area contributed by atoms with Gasteiger partial charge in [0.15, 0.2) is 0 Å². The van der Waals surface area contributed by atoms with Crippen molar-refractivity contribution in [3.05, 3.63) is 71.4 Å². The minimum Gasteiger partial charge on any atom is -0.486 e. The SMILES string of the molecule is Cn1cc(-n2ncc3c(F)cc(OC4CCCc5cc(C#N)ccc54)cc32)cn1. The van der Waals surface area contributed by atoms with Gasteiger partial charge >= 0.3 is 0 Å². The number of nitriles is 1. The van der Waals surface area contributed by atoms with Crippen LogP contribution in [0.25, 0.3) is 16.6 Å². The number of ether oxygens (including phenoxy) is 1. The summed E-state index contributed by atoms with van der Waals surface area (Å²) in [7, 11) is 1.82. The molecule has 0 N–H and O–H groups in total. The molecule has 0 saturated heterocycles. The first-order valence-electron chi connectivity index (χ1n) is 9.48. The van der Waals surface area contributed by atoms with E-state index in [9.17, 15) is 4.39 Å². The summed E-state index contributed by atoms with van der Waals surface area (Å²) in [5.74, 6) is 0.0892. The minimum absolute atomic E-state index is 0.168. The van der Waals surface area contributed by atoms with Gasteiger partial charge in [0.1, 0.15) is 23.4 Å². The number of benzene rings is 2. The van der Waals surface area contributed by atoms with Gasteiger partial charge in [-0.05, 0) is 42.5 Å². The standard InChI is InChI=1S/C22H18FN5O/c1-27-13-16(11-25-27)28-21-9-17(8-20(23)19(21)12-26-28)29-22-4-2-3-15-7-14(10-24)5-6-18(15)22/h5-9,11-13,22H,2-4H2,1H3. The molecule has 7 heteroatoms. The van der Waals surface area contributed by atoms with Crippen LogP contribution in [0.4, 0.5) is 4.39 Å². The van der Waals surface area contributed by atoms with Crippen molar-refractivity contribution in [1.82, 2.24) is 19.6 Å². The average Bonchev–Trinajstić information content (AvgIpc) is 3.34. The van der Waals surface area contributed by atoms with E-state index in [0.717, 1.165) is 36.1 Å². The first kappa shape index (κ1) is 17.4. The summed E-state index contributed by atoms with van der Waals surface area (Å²) >= 11 is 0. The number of nitrogens with zero attached hydrogens (tertiary/aromatic N) is 5. The van der Waals surface area contributed by atoms with Gasteiger partial charge in [0, 0.05) is 19.2 Å². The van der Waals surface area contributed by atoms with Crippen molar-refractivity contribution in [2.24, 2.45) is 7.05 Å². The van der Waals surface area contributed by atoms with Crippen LogP contribution in [0.5, 0.6) is 5.75 Å². The molecule has 1 aliphatic rings. The number of aromatic nitrogens is 4. The third-order valence-corrected chi connectivity index (χ3v) is 5.36. The topological polar surface area (TPSA) is 68.7 Å². The molecule has 0 bridgehead atoms. The molecule has 0 aliphatic heterocycles. The highest BCUT2D eigenvalue weighted by Gasteiger charge is 2.23. The van der Waals surface area contributed by atoms with Gasteiger partial charge in [0.2, 0.25) is 0 Å². The van der Waals surface area contributed by atoms with Crippen LogP contribution in [0.2, 0.25) is 0 Å². The van der Waals surface area contributed by atoms with Gasteiger partial charge < -0.3 is 4.74 Å². The molecule has 1 atom stereocenters. The van der Waals surface area contributed by atoms with E-state index in [-0.39, 0.29) is 11.9 Å². The highest BCUT2D eigenvalue weighted by Crippen LogP contribution is 2.36. The summed E-state index contributed by atoms with van der Waals surface area (Å²) in [5.41, 5.74) is 4.23. The van der Waals surface area contributed by atoms with Crippen molar-refractivity contribution in [1.29, 1.82) is 5.26 Å². The summed E-state index contributed by atoms with van der Waals surface area (Å²) in [6, 6.07) is 11.1. The van der Waals surface area contributed by atoms with E-state index in [1.807, 2.05) is 37.5 Å². The second kappa shape index (κ2) is 6.74. The van der Waals surface area contributed by atoms with Gasteiger partial charge in [-0.25, -0.2) is 9.07 Å². The van der Waals surface area contributed by atoms with Gasteiger partial charge in [-0.1, -0.05) is 6.07 Å². The fraction of sp³-hybridized carbons (Fsp3) is 0.227. The van der Waals surface area contributed by atoms with Crippen LogP contribution in [0.3, 0.4) is 0 Å². The summed E-state index contributed by atoms with van der Waals surface area (Å²) < 4.78 is 24.3. The highest BCUT2D eigenvalue weighted by molar-refractivity contribution is 5.82. The van der Waals surface area contributed by atoms with E-state index in [1.165, 1.54) is 12.3 Å². The Bertz CT molecular complexity index is 1270. The maximum Gasteiger partial charge on any atom is 0.137 e. The van der Waals surface area contributed by atoms with Gasteiger partial charge in [0.05, 0.1) is 41.1 Å². The largest absolute Gasteiger partial charge is 0.486 e. The summed E-state index contributed by atoms with van der Waals surface area (Å²) in [5, 5.41) is 18.1. The number of aryl methyl sites for hydroxylation is 2. The van der Waals surface area contributed by atoms with Crippen LogP contribution < -0.4 is 4.74 Å². The number of rotatable bonds is 3. The molecule has 0 radical (unpaired) electrons. The van der Waals surface area contributed by atoms with Crippen molar-refractivity contribution >= 4 is 10.9 Å². The molecule has 5 rings (SSSR count). The predicted octanol–water partition coefficient (Wildman–Crippen LogP) is 4.23. The maximum atomic E-state index is 14.7. The van der Waals surface area contributed by atoms with Crippen LogP contribution in [-0.2, 0) is 13.5 Å². The maximum absolute atomic E-state index is 14.7.